The molecule has 8 heteroatoms. The number of halogens is 1. The lowest BCUT2D eigenvalue weighted by atomic mass is 10.3. The molecule has 0 aromatic rings. The second-order valence-corrected chi connectivity index (χ2v) is 4.41. The van der Waals surface area contributed by atoms with E-state index in [0.717, 1.165) is 14.2 Å². The van der Waals surface area contributed by atoms with Crippen molar-refractivity contribution in [2.45, 2.75) is 19.4 Å². The lowest BCUT2D eigenvalue weighted by Gasteiger charge is -2.13. The van der Waals surface area contributed by atoms with Crippen molar-refractivity contribution in [3.05, 3.63) is 10.6 Å². The Morgan fingerprint density at radius 3 is 2.15 bits per heavy atom. The molecule has 0 heterocycles. The maximum Gasteiger partial charge on any atom is 0.346 e. The average molecular weight is 353 g/mol. The van der Waals surface area contributed by atoms with Gasteiger partial charge in [0.05, 0.1) is 27.4 Å². The summed E-state index contributed by atoms with van der Waals surface area (Å²) >= 11 is 3.15. The van der Waals surface area contributed by atoms with Crippen LogP contribution in [0.15, 0.2) is 10.6 Å². The van der Waals surface area contributed by atoms with Gasteiger partial charge < -0.3 is 18.9 Å². The van der Waals surface area contributed by atoms with Crippen LogP contribution in [0.4, 0.5) is 0 Å². The van der Waals surface area contributed by atoms with Crippen LogP contribution in [0.25, 0.3) is 0 Å². The number of esters is 3. The van der Waals surface area contributed by atoms with Gasteiger partial charge in [-0.2, -0.15) is 0 Å². The summed E-state index contributed by atoms with van der Waals surface area (Å²) in [6.45, 7) is 1.99. The summed E-state index contributed by atoms with van der Waals surface area (Å²) < 4.78 is 19.2. The van der Waals surface area contributed by atoms with E-state index in [2.05, 4.69) is 25.4 Å². The zero-order valence-electron chi connectivity index (χ0n) is 11.5. The number of hydrogen-bond acceptors (Lipinski definition) is 7. The van der Waals surface area contributed by atoms with Gasteiger partial charge in [0.1, 0.15) is 0 Å². The summed E-state index contributed by atoms with van der Waals surface area (Å²) in [6.07, 6.45) is 0.0921. The molecule has 0 N–H and O–H groups in total. The van der Waals surface area contributed by atoms with Gasteiger partial charge >= 0.3 is 17.9 Å². The summed E-state index contributed by atoms with van der Waals surface area (Å²) in [5.74, 6) is -2.18. The van der Waals surface area contributed by atoms with E-state index in [4.69, 9.17) is 9.47 Å². The maximum absolute atomic E-state index is 11.3. The van der Waals surface area contributed by atoms with Crippen molar-refractivity contribution in [3.8, 4) is 0 Å². The number of carbonyl (C=O) groups is 3. The molecule has 0 aliphatic carbocycles. The Balaban J connectivity index is 4.33. The average Bonchev–Trinajstić information content (AvgIpc) is 2.42. The standard InChI is InChI=1S/C12H17BrO7/c1-4-19-9(14)7-8(13)5-6-20-10(11(15)17-2)12(16)18-3/h7,10H,4-6H2,1-3H3/b8-7-. The van der Waals surface area contributed by atoms with Gasteiger partial charge in [0.2, 0.25) is 0 Å². The minimum atomic E-state index is -1.44. The Bertz CT molecular complexity index is 362. The molecule has 0 unspecified atom stereocenters. The molecular weight excluding hydrogens is 336 g/mol. The molecule has 7 nitrogen and oxygen atoms in total. The molecule has 0 bridgehead atoms. The molecule has 0 saturated heterocycles. The van der Waals surface area contributed by atoms with E-state index in [-0.39, 0.29) is 19.6 Å². The van der Waals surface area contributed by atoms with Gasteiger partial charge in [0, 0.05) is 17.0 Å². The van der Waals surface area contributed by atoms with Crippen molar-refractivity contribution in [2.75, 3.05) is 27.4 Å². The lowest BCUT2D eigenvalue weighted by molar-refractivity contribution is -0.170. The fraction of sp³-hybridized carbons (Fsp3) is 0.583. The molecule has 0 radical (unpaired) electrons. The molecule has 0 fully saturated rings. The molecule has 0 spiro atoms. The van der Waals surface area contributed by atoms with E-state index in [0.29, 0.717) is 4.48 Å². The minimum absolute atomic E-state index is 0.0192. The summed E-state index contributed by atoms with van der Waals surface area (Å²) in [4.78, 5) is 33.7. The topological polar surface area (TPSA) is 88.1 Å². The molecule has 0 saturated carbocycles. The SMILES string of the molecule is CCOC(=O)/C=C(\Br)CCOC(C(=O)OC)C(=O)OC. The molecule has 0 aliphatic rings. The fourth-order valence-corrected chi connectivity index (χ4v) is 1.45. The second kappa shape index (κ2) is 10.4. The van der Waals surface area contributed by atoms with Gasteiger partial charge in [-0.3, -0.25) is 0 Å². The quantitative estimate of drug-likeness (QED) is 0.278. The number of rotatable bonds is 8. The zero-order chi connectivity index (χ0) is 15.5. The van der Waals surface area contributed by atoms with E-state index in [9.17, 15) is 14.4 Å². The highest BCUT2D eigenvalue weighted by atomic mass is 79.9. The van der Waals surface area contributed by atoms with Crippen molar-refractivity contribution in [3.63, 3.8) is 0 Å². The second-order valence-electron chi connectivity index (χ2n) is 3.39. The van der Waals surface area contributed by atoms with Crippen LogP contribution in [0.1, 0.15) is 13.3 Å². The van der Waals surface area contributed by atoms with E-state index >= 15 is 0 Å². The highest BCUT2D eigenvalue weighted by Gasteiger charge is 2.29. The number of hydrogen-bond donors (Lipinski definition) is 0. The van der Waals surface area contributed by atoms with Gasteiger partial charge in [-0.1, -0.05) is 15.9 Å². The zero-order valence-corrected chi connectivity index (χ0v) is 13.1. The highest BCUT2D eigenvalue weighted by Crippen LogP contribution is 2.11. The molecule has 0 aliphatic heterocycles. The van der Waals surface area contributed by atoms with Crippen molar-refractivity contribution < 1.29 is 33.3 Å². The van der Waals surface area contributed by atoms with E-state index in [1.54, 1.807) is 6.92 Å². The van der Waals surface area contributed by atoms with Gasteiger partial charge in [-0.15, -0.1) is 0 Å². The third-order valence-electron chi connectivity index (χ3n) is 2.02. The molecule has 20 heavy (non-hydrogen) atoms. The first-order valence-corrected chi connectivity index (χ1v) is 6.55. The minimum Gasteiger partial charge on any atom is -0.467 e. The first kappa shape index (κ1) is 18.6. The maximum atomic E-state index is 11.3. The Kier molecular flexibility index (Phi) is 9.65. The molecule has 0 amide bonds. The Hall–Kier alpha value is -1.41. The molecule has 0 rings (SSSR count). The predicted molar refractivity (Wildman–Crippen MR) is 72.0 cm³/mol. The molecule has 114 valence electrons. The fourth-order valence-electron chi connectivity index (χ4n) is 1.10. The van der Waals surface area contributed by atoms with Crippen LogP contribution in [-0.4, -0.2) is 51.4 Å². The van der Waals surface area contributed by atoms with Gasteiger partial charge in [-0.25, -0.2) is 14.4 Å². The van der Waals surface area contributed by atoms with Crippen molar-refractivity contribution in [1.82, 2.24) is 0 Å². The molecule has 0 atom stereocenters. The normalized spacial score (nSPS) is 11.2. The smallest absolute Gasteiger partial charge is 0.346 e. The van der Waals surface area contributed by atoms with E-state index < -0.39 is 24.0 Å². The summed E-state index contributed by atoms with van der Waals surface area (Å²) in [5, 5.41) is 0. The first-order valence-electron chi connectivity index (χ1n) is 5.76. The van der Waals surface area contributed by atoms with Crippen molar-refractivity contribution in [1.29, 1.82) is 0 Å². The van der Waals surface area contributed by atoms with Crippen LogP contribution < -0.4 is 0 Å². The summed E-state index contributed by atoms with van der Waals surface area (Å²) in [7, 11) is 2.27. The van der Waals surface area contributed by atoms with E-state index in [1.807, 2.05) is 0 Å². The third-order valence-corrected chi connectivity index (χ3v) is 2.64. The molecular formula is C12H17BrO7. The largest absolute Gasteiger partial charge is 0.467 e. The summed E-state index contributed by atoms with van der Waals surface area (Å²) in [5.41, 5.74) is 0. The van der Waals surface area contributed by atoms with Crippen molar-refractivity contribution in [2.24, 2.45) is 0 Å². The Labute approximate surface area is 125 Å². The van der Waals surface area contributed by atoms with Crippen LogP contribution in [-0.2, 0) is 33.3 Å². The van der Waals surface area contributed by atoms with Gasteiger partial charge in [-0.05, 0) is 6.92 Å². The van der Waals surface area contributed by atoms with Crippen LogP contribution in [0, 0.1) is 0 Å². The monoisotopic (exact) mass is 352 g/mol. The number of ether oxygens (including phenoxy) is 4. The number of methoxy groups -OCH3 is 2. The predicted octanol–water partition coefficient (Wildman–Crippen LogP) is 0.950. The molecule has 0 aromatic carbocycles. The third kappa shape index (κ3) is 7.25. The molecule has 0 aromatic heterocycles. The van der Waals surface area contributed by atoms with Gasteiger partial charge in [0.15, 0.2) is 0 Å². The number of carbonyl (C=O) groups excluding carboxylic acids is 3. The Morgan fingerprint density at radius 2 is 1.70 bits per heavy atom. The van der Waals surface area contributed by atoms with E-state index in [1.165, 1.54) is 6.08 Å². The van der Waals surface area contributed by atoms with Crippen LogP contribution in [0.2, 0.25) is 0 Å². The summed E-state index contributed by atoms with van der Waals surface area (Å²) in [6, 6.07) is 0. The van der Waals surface area contributed by atoms with Crippen LogP contribution in [0.5, 0.6) is 0 Å². The Morgan fingerprint density at radius 1 is 1.15 bits per heavy atom. The highest BCUT2D eigenvalue weighted by molar-refractivity contribution is 9.11. The lowest BCUT2D eigenvalue weighted by Crippen LogP contribution is -2.35. The van der Waals surface area contributed by atoms with Crippen LogP contribution in [0.3, 0.4) is 0 Å². The van der Waals surface area contributed by atoms with Crippen LogP contribution >= 0.6 is 15.9 Å². The van der Waals surface area contributed by atoms with Gasteiger partial charge in [0.25, 0.3) is 6.10 Å². The first-order chi connectivity index (χ1) is 9.46. The van der Waals surface area contributed by atoms with Crippen molar-refractivity contribution >= 4 is 33.8 Å².